The number of pyridine rings is 1. The van der Waals surface area contributed by atoms with Crippen molar-refractivity contribution in [2.24, 2.45) is 0 Å². The molecule has 0 unspecified atom stereocenters. The van der Waals surface area contributed by atoms with Gasteiger partial charge in [-0.05, 0) is 15.9 Å². The molecule has 1 nitrogen and oxygen atoms in total. The molecule has 0 N–H and O–H groups in total. The van der Waals surface area contributed by atoms with Crippen molar-refractivity contribution in [1.82, 2.24) is 4.98 Å². The van der Waals surface area contributed by atoms with E-state index in [9.17, 15) is 17.6 Å². The lowest BCUT2D eigenvalue weighted by atomic mass is 10.2. The topological polar surface area (TPSA) is 12.9 Å². The Bertz CT molecular complexity index is 296. The molecular formula is C6H2BrF4N. The van der Waals surface area contributed by atoms with Crippen molar-refractivity contribution < 1.29 is 17.6 Å². The molecular weight excluding hydrogens is 242 g/mol. The van der Waals surface area contributed by atoms with Crippen LogP contribution < -0.4 is 0 Å². The molecule has 0 amide bonds. The predicted octanol–water partition coefficient (Wildman–Crippen LogP) is 3.00. The molecule has 1 heterocycles. The lowest BCUT2D eigenvalue weighted by Gasteiger charge is -2.07. The van der Waals surface area contributed by atoms with Gasteiger partial charge in [-0.25, -0.2) is 4.98 Å². The number of nitrogens with zero attached hydrogens (tertiary/aromatic N) is 1. The van der Waals surface area contributed by atoms with Crippen molar-refractivity contribution in [3.05, 3.63) is 28.2 Å². The van der Waals surface area contributed by atoms with Gasteiger partial charge in [0, 0.05) is 16.7 Å². The molecule has 0 aliphatic carbocycles. The van der Waals surface area contributed by atoms with Crippen LogP contribution in [0.3, 0.4) is 0 Å². The Morgan fingerprint density at radius 3 is 2.33 bits per heavy atom. The maximum atomic E-state index is 12.2. The second-order valence-corrected chi connectivity index (χ2v) is 2.84. The summed E-state index contributed by atoms with van der Waals surface area (Å²) in [7, 11) is 0. The van der Waals surface area contributed by atoms with Gasteiger partial charge in [-0.2, -0.15) is 17.6 Å². The van der Waals surface area contributed by atoms with Gasteiger partial charge in [-0.1, -0.05) is 0 Å². The van der Waals surface area contributed by atoms with Gasteiger partial charge in [0.15, 0.2) is 0 Å². The van der Waals surface area contributed by atoms with Crippen LogP contribution in [0.15, 0.2) is 16.7 Å². The third kappa shape index (κ3) is 1.94. The van der Waals surface area contributed by atoms with Crippen LogP contribution in [0.2, 0.25) is 0 Å². The Morgan fingerprint density at radius 1 is 1.33 bits per heavy atom. The molecule has 1 aromatic rings. The van der Waals surface area contributed by atoms with Gasteiger partial charge in [0.1, 0.15) is 0 Å². The maximum Gasteiger partial charge on any atom is 0.417 e. The monoisotopic (exact) mass is 243 g/mol. The summed E-state index contributed by atoms with van der Waals surface area (Å²) in [5.41, 5.74) is -1.06. The molecule has 0 bridgehead atoms. The van der Waals surface area contributed by atoms with Crippen molar-refractivity contribution in [3.8, 4) is 0 Å². The zero-order chi connectivity index (χ0) is 9.35. The fraction of sp³-hybridized carbons (Fsp3) is 0.167. The highest BCUT2D eigenvalue weighted by atomic mass is 79.9. The number of halogens is 5. The Labute approximate surface area is 73.5 Å². The minimum absolute atomic E-state index is 0.267. The highest BCUT2D eigenvalue weighted by Gasteiger charge is 2.33. The molecule has 0 aromatic carbocycles. The van der Waals surface area contributed by atoms with Crippen LogP contribution in [0.4, 0.5) is 17.6 Å². The zero-order valence-corrected chi connectivity index (χ0v) is 7.08. The summed E-state index contributed by atoms with van der Waals surface area (Å²) in [6.07, 6.45) is -3.78. The van der Waals surface area contributed by atoms with Gasteiger partial charge in [0.25, 0.3) is 0 Å². The quantitative estimate of drug-likeness (QED) is 0.505. The predicted molar refractivity (Wildman–Crippen MR) is 36.9 cm³/mol. The van der Waals surface area contributed by atoms with Gasteiger partial charge in [0.2, 0.25) is 5.95 Å². The molecule has 1 rings (SSSR count). The van der Waals surface area contributed by atoms with Crippen molar-refractivity contribution in [1.29, 1.82) is 0 Å². The van der Waals surface area contributed by atoms with Gasteiger partial charge in [-0.15, -0.1) is 0 Å². The second-order valence-electron chi connectivity index (χ2n) is 1.98. The van der Waals surface area contributed by atoms with E-state index in [0.717, 1.165) is 6.20 Å². The Kier molecular flexibility index (Phi) is 2.36. The molecule has 1 aromatic heterocycles. The Morgan fingerprint density at radius 2 is 1.92 bits per heavy atom. The second kappa shape index (κ2) is 3.01. The van der Waals surface area contributed by atoms with E-state index in [1.165, 1.54) is 0 Å². The van der Waals surface area contributed by atoms with Gasteiger partial charge < -0.3 is 0 Å². The molecule has 0 saturated heterocycles. The molecule has 0 spiro atoms. The summed E-state index contributed by atoms with van der Waals surface area (Å²) in [6, 6.07) is 0.337. The number of hydrogen-bond donors (Lipinski definition) is 0. The normalized spacial score (nSPS) is 11.8. The van der Waals surface area contributed by atoms with Crippen molar-refractivity contribution in [2.75, 3.05) is 0 Å². The van der Waals surface area contributed by atoms with Crippen LogP contribution in [-0.2, 0) is 6.18 Å². The van der Waals surface area contributed by atoms with E-state index < -0.39 is 17.7 Å². The standard InChI is InChI=1S/C6H2BrF4N/c7-4-2-12-5(8)1-3(4)6(9,10)11/h1-2H. The van der Waals surface area contributed by atoms with Crippen molar-refractivity contribution in [2.45, 2.75) is 6.18 Å². The van der Waals surface area contributed by atoms with E-state index in [1.54, 1.807) is 0 Å². The molecule has 0 saturated carbocycles. The largest absolute Gasteiger partial charge is 0.417 e. The molecule has 66 valence electrons. The van der Waals surface area contributed by atoms with Crippen molar-refractivity contribution >= 4 is 15.9 Å². The summed E-state index contributed by atoms with van der Waals surface area (Å²) >= 11 is 2.62. The SMILES string of the molecule is Fc1cc(C(F)(F)F)c(Br)cn1. The summed E-state index contributed by atoms with van der Waals surface area (Å²) in [4.78, 5) is 3.04. The van der Waals surface area contributed by atoms with Gasteiger partial charge in [0.05, 0.1) is 5.56 Å². The van der Waals surface area contributed by atoms with E-state index in [1.807, 2.05) is 0 Å². The highest BCUT2D eigenvalue weighted by molar-refractivity contribution is 9.10. The number of rotatable bonds is 0. The van der Waals surface area contributed by atoms with Crippen LogP contribution in [-0.4, -0.2) is 4.98 Å². The summed E-state index contributed by atoms with van der Waals surface area (Å²) in [6.45, 7) is 0. The number of aromatic nitrogens is 1. The van der Waals surface area contributed by atoms with Crippen LogP contribution in [0.5, 0.6) is 0 Å². The maximum absolute atomic E-state index is 12.2. The summed E-state index contributed by atoms with van der Waals surface area (Å²) < 4.78 is 48.0. The lowest BCUT2D eigenvalue weighted by molar-refractivity contribution is -0.138. The highest BCUT2D eigenvalue weighted by Crippen LogP contribution is 2.34. The average Bonchev–Trinajstić information content (AvgIpc) is 1.92. The summed E-state index contributed by atoms with van der Waals surface area (Å²) in [5.74, 6) is -1.15. The molecule has 0 atom stereocenters. The first-order chi connectivity index (χ1) is 5.41. The number of alkyl halides is 3. The molecule has 12 heavy (non-hydrogen) atoms. The molecule has 0 aliphatic rings. The Hall–Kier alpha value is -0.650. The van der Waals surface area contributed by atoms with Crippen LogP contribution in [0.25, 0.3) is 0 Å². The van der Waals surface area contributed by atoms with Crippen LogP contribution >= 0.6 is 15.9 Å². The van der Waals surface area contributed by atoms with Gasteiger partial charge in [-0.3, -0.25) is 0 Å². The van der Waals surface area contributed by atoms with Crippen LogP contribution in [0.1, 0.15) is 5.56 Å². The molecule has 6 heteroatoms. The third-order valence-electron chi connectivity index (χ3n) is 1.13. The van der Waals surface area contributed by atoms with E-state index in [0.29, 0.717) is 6.07 Å². The van der Waals surface area contributed by atoms with Crippen molar-refractivity contribution in [3.63, 3.8) is 0 Å². The number of hydrogen-bond acceptors (Lipinski definition) is 1. The van der Waals surface area contributed by atoms with Gasteiger partial charge >= 0.3 is 6.18 Å². The molecule has 0 aliphatic heterocycles. The molecule has 0 fully saturated rings. The lowest BCUT2D eigenvalue weighted by Crippen LogP contribution is -2.07. The fourth-order valence-corrected chi connectivity index (χ4v) is 1.07. The minimum Gasteiger partial charge on any atom is -0.227 e. The van der Waals surface area contributed by atoms with E-state index in [2.05, 4.69) is 20.9 Å². The summed E-state index contributed by atoms with van der Waals surface area (Å²) in [5, 5.41) is 0. The first kappa shape index (κ1) is 9.44. The van der Waals surface area contributed by atoms with E-state index in [4.69, 9.17) is 0 Å². The fourth-order valence-electron chi connectivity index (χ4n) is 0.630. The first-order valence-electron chi connectivity index (χ1n) is 2.79. The Balaban J connectivity index is 3.23. The average molecular weight is 244 g/mol. The zero-order valence-electron chi connectivity index (χ0n) is 5.49. The smallest absolute Gasteiger partial charge is 0.227 e. The van der Waals surface area contributed by atoms with E-state index in [-0.39, 0.29) is 4.47 Å². The minimum atomic E-state index is -4.55. The van der Waals surface area contributed by atoms with E-state index >= 15 is 0 Å². The van der Waals surface area contributed by atoms with Crippen LogP contribution in [0, 0.1) is 5.95 Å². The molecule has 0 radical (unpaired) electrons. The third-order valence-corrected chi connectivity index (χ3v) is 1.76. The first-order valence-corrected chi connectivity index (χ1v) is 3.59.